The quantitative estimate of drug-likeness (QED) is 0.785. The average Bonchev–Trinajstić information content (AvgIpc) is 2.89. The van der Waals surface area contributed by atoms with Crippen LogP contribution in [-0.4, -0.2) is 32.2 Å². The Kier molecular flexibility index (Phi) is 4.54. The first-order valence-corrected chi connectivity index (χ1v) is 6.64. The van der Waals surface area contributed by atoms with E-state index < -0.39 is 11.9 Å². The van der Waals surface area contributed by atoms with Gasteiger partial charge in [0.25, 0.3) is 5.91 Å². The topological polar surface area (TPSA) is 108 Å². The number of aryl methyl sites for hydroxylation is 1. The normalized spacial score (nSPS) is 10.4. The molecule has 0 spiro atoms. The van der Waals surface area contributed by atoms with Gasteiger partial charge in [0.15, 0.2) is 0 Å². The van der Waals surface area contributed by atoms with Crippen LogP contribution in [0.25, 0.3) is 0 Å². The lowest BCUT2D eigenvalue weighted by atomic mass is 10.2. The molecule has 0 aliphatic heterocycles. The Bertz CT molecular complexity index is 684. The Labute approximate surface area is 125 Å². The van der Waals surface area contributed by atoms with Gasteiger partial charge in [0, 0.05) is 11.4 Å². The molecule has 1 aromatic carbocycles. The van der Waals surface area contributed by atoms with Gasteiger partial charge in [-0.2, -0.15) is 0 Å². The number of halogens is 1. The van der Waals surface area contributed by atoms with E-state index in [4.69, 9.17) is 16.7 Å². The van der Waals surface area contributed by atoms with E-state index in [-0.39, 0.29) is 22.1 Å². The molecule has 3 N–H and O–H groups in total. The number of aromatic carboxylic acids is 1. The molecule has 2 rings (SSSR count). The van der Waals surface area contributed by atoms with Crippen molar-refractivity contribution in [2.75, 3.05) is 5.32 Å². The number of carboxylic acids is 1. The summed E-state index contributed by atoms with van der Waals surface area (Å²) < 4.78 is 0. The fraction of sp³-hybridized carbons (Fsp3) is 0.231. The van der Waals surface area contributed by atoms with Gasteiger partial charge in [-0.25, -0.2) is 9.78 Å². The molecule has 0 aliphatic rings. The van der Waals surface area contributed by atoms with Crippen LogP contribution >= 0.6 is 11.6 Å². The number of hydrogen-bond acceptors (Lipinski definition) is 4. The molecule has 1 amide bonds. The van der Waals surface area contributed by atoms with Crippen LogP contribution in [0.4, 0.5) is 5.69 Å². The number of benzene rings is 1. The van der Waals surface area contributed by atoms with Gasteiger partial charge >= 0.3 is 5.97 Å². The lowest BCUT2D eigenvalue weighted by Gasteiger charge is -2.07. The molecule has 110 valence electrons. The lowest BCUT2D eigenvalue weighted by molar-refractivity contribution is 0.0698. The van der Waals surface area contributed by atoms with Crippen molar-refractivity contribution in [2.45, 2.75) is 19.8 Å². The van der Waals surface area contributed by atoms with Gasteiger partial charge in [0.05, 0.1) is 11.3 Å². The standard InChI is InChI=1S/C13H13ClN4O3/c1-2-3-10-16-11(18-17-10)12(19)15-9-5-4-7(14)6-8(9)13(20)21/h4-6H,2-3H2,1H3,(H,15,19)(H,20,21)(H,16,17,18). The second kappa shape index (κ2) is 6.36. The maximum absolute atomic E-state index is 12.0. The minimum Gasteiger partial charge on any atom is -0.478 e. The summed E-state index contributed by atoms with van der Waals surface area (Å²) in [5.74, 6) is -1.20. The van der Waals surface area contributed by atoms with Gasteiger partial charge in [-0.15, -0.1) is 5.10 Å². The van der Waals surface area contributed by atoms with Crippen LogP contribution in [0.2, 0.25) is 5.02 Å². The molecule has 0 saturated heterocycles. The molecule has 0 bridgehead atoms. The number of aromatic amines is 1. The molecule has 0 atom stereocenters. The van der Waals surface area contributed by atoms with E-state index in [1.165, 1.54) is 18.2 Å². The number of aromatic nitrogens is 3. The third-order valence-electron chi connectivity index (χ3n) is 2.68. The van der Waals surface area contributed by atoms with E-state index in [9.17, 15) is 9.59 Å². The van der Waals surface area contributed by atoms with Crippen LogP contribution < -0.4 is 5.32 Å². The van der Waals surface area contributed by atoms with E-state index in [2.05, 4.69) is 20.5 Å². The van der Waals surface area contributed by atoms with E-state index >= 15 is 0 Å². The highest BCUT2D eigenvalue weighted by molar-refractivity contribution is 6.31. The highest BCUT2D eigenvalue weighted by Gasteiger charge is 2.17. The van der Waals surface area contributed by atoms with Crippen LogP contribution in [0.5, 0.6) is 0 Å². The van der Waals surface area contributed by atoms with Crippen LogP contribution in [-0.2, 0) is 6.42 Å². The molecular weight excluding hydrogens is 296 g/mol. The molecule has 0 unspecified atom stereocenters. The zero-order valence-corrected chi connectivity index (χ0v) is 11.9. The van der Waals surface area contributed by atoms with Crippen LogP contribution in [0.3, 0.4) is 0 Å². The number of carbonyl (C=O) groups excluding carboxylic acids is 1. The largest absolute Gasteiger partial charge is 0.478 e. The predicted octanol–water partition coefficient (Wildman–Crippen LogP) is 2.36. The third-order valence-corrected chi connectivity index (χ3v) is 2.92. The van der Waals surface area contributed by atoms with Crippen LogP contribution in [0, 0.1) is 0 Å². The first kappa shape index (κ1) is 15.0. The van der Waals surface area contributed by atoms with Gasteiger partial charge < -0.3 is 10.4 Å². The minimum atomic E-state index is -1.19. The molecule has 1 aromatic heterocycles. The molecular formula is C13H13ClN4O3. The van der Waals surface area contributed by atoms with Gasteiger partial charge in [-0.1, -0.05) is 18.5 Å². The molecule has 8 heteroatoms. The maximum atomic E-state index is 12.0. The maximum Gasteiger partial charge on any atom is 0.337 e. The molecule has 1 heterocycles. The minimum absolute atomic E-state index is 0.0373. The van der Waals surface area contributed by atoms with Crippen molar-refractivity contribution in [3.05, 3.63) is 40.4 Å². The van der Waals surface area contributed by atoms with E-state index in [1.54, 1.807) is 0 Å². The molecule has 0 saturated carbocycles. The number of hydrogen-bond donors (Lipinski definition) is 3. The number of H-pyrrole nitrogens is 1. The van der Waals surface area contributed by atoms with Gasteiger partial charge in [-0.3, -0.25) is 9.89 Å². The smallest absolute Gasteiger partial charge is 0.337 e. The Morgan fingerprint density at radius 2 is 2.19 bits per heavy atom. The van der Waals surface area contributed by atoms with Gasteiger partial charge in [-0.05, 0) is 24.6 Å². The Morgan fingerprint density at radius 1 is 1.43 bits per heavy atom. The third kappa shape index (κ3) is 3.57. The number of rotatable bonds is 5. The summed E-state index contributed by atoms with van der Waals surface area (Å²) in [7, 11) is 0. The van der Waals surface area contributed by atoms with E-state index in [1.807, 2.05) is 6.92 Å². The fourth-order valence-corrected chi connectivity index (χ4v) is 1.90. The Morgan fingerprint density at radius 3 is 2.86 bits per heavy atom. The monoisotopic (exact) mass is 308 g/mol. The van der Waals surface area contributed by atoms with Crippen molar-refractivity contribution in [1.29, 1.82) is 0 Å². The molecule has 0 radical (unpaired) electrons. The summed E-state index contributed by atoms with van der Waals surface area (Å²) in [6, 6.07) is 4.17. The first-order chi connectivity index (χ1) is 10.0. The lowest BCUT2D eigenvalue weighted by Crippen LogP contribution is -2.16. The van der Waals surface area contributed by atoms with Crippen molar-refractivity contribution >= 4 is 29.2 Å². The van der Waals surface area contributed by atoms with E-state index in [0.717, 1.165) is 6.42 Å². The average molecular weight is 309 g/mol. The van der Waals surface area contributed by atoms with Crippen molar-refractivity contribution in [3.63, 3.8) is 0 Å². The van der Waals surface area contributed by atoms with Crippen molar-refractivity contribution < 1.29 is 14.7 Å². The number of amides is 1. The van der Waals surface area contributed by atoms with Crippen LogP contribution in [0.15, 0.2) is 18.2 Å². The fourth-order valence-electron chi connectivity index (χ4n) is 1.73. The summed E-state index contributed by atoms with van der Waals surface area (Å²) in [5.41, 5.74) is 0.0407. The molecule has 7 nitrogen and oxygen atoms in total. The van der Waals surface area contributed by atoms with Gasteiger partial charge in [0.1, 0.15) is 5.82 Å². The number of carboxylic acid groups (broad SMARTS) is 1. The van der Waals surface area contributed by atoms with Crippen molar-refractivity contribution in [2.24, 2.45) is 0 Å². The first-order valence-electron chi connectivity index (χ1n) is 6.26. The summed E-state index contributed by atoms with van der Waals surface area (Å²) in [6.45, 7) is 1.98. The van der Waals surface area contributed by atoms with Gasteiger partial charge in [0.2, 0.25) is 5.82 Å². The molecule has 21 heavy (non-hydrogen) atoms. The second-order valence-electron chi connectivity index (χ2n) is 4.30. The summed E-state index contributed by atoms with van der Waals surface area (Å²) in [4.78, 5) is 27.2. The van der Waals surface area contributed by atoms with Crippen molar-refractivity contribution in [1.82, 2.24) is 15.2 Å². The molecule has 0 fully saturated rings. The van der Waals surface area contributed by atoms with Crippen molar-refractivity contribution in [3.8, 4) is 0 Å². The number of carbonyl (C=O) groups is 2. The zero-order valence-electron chi connectivity index (χ0n) is 11.2. The number of nitrogens with one attached hydrogen (secondary N) is 2. The summed E-state index contributed by atoms with van der Waals surface area (Å²) >= 11 is 5.75. The Hall–Kier alpha value is -2.41. The molecule has 2 aromatic rings. The summed E-state index contributed by atoms with van der Waals surface area (Å²) in [5, 5.41) is 18.3. The predicted molar refractivity (Wildman–Crippen MR) is 76.7 cm³/mol. The molecule has 0 aliphatic carbocycles. The SMILES string of the molecule is CCCc1nc(C(=O)Nc2ccc(Cl)cc2C(=O)O)n[nH]1. The highest BCUT2D eigenvalue weighted by atomic mass is 35.5. The Balaban J connectivity index is 2.20. The zero-order chi connectivity index (χ0) is 15.4. The summed E-state index contributed by atoms with van der Waals surface area (Å²) in [6.07, 6.45) is 1.55. The number of nitrogens with zero attached hydrogens (tertiary/aromatic N) is 2. The number of anilines is 1. The van der Waals surface area contributed by atoms with E-state index in [0.29, 0.717) is 12.2 Å². The highest BCUT2D eigenvalue weighted by Crippen LogP contribution is 2.21. The van der Waals surface area contributed by atoms with Crippen LogP contribution in [0.1, 0.15) is 40.1 Å². The second-order valence-corrected chi connectivity index (χ2v) is 4.74.